The molecule has 0 aliphatic carbocycles. The first-order valence-corrected chi connectivity index (χ1v) is 9.82. The third-order valence-electron chi connectivity index (χ3n) is 4.41. The molecule has 0 unspecified atom stereocenters. The number of imidazole rings is 1. The van der Waals surface area contributed by atoms with E-state index in [1.807, 2.05) is 0 Å². The van der Waals surface area contributed by atoms with Crippen molar-refractivity contribution in [3.8, 4) is 5.69 Å². The molecule has 1 aromatic heterocycles. The lowest BCUT2D eigenvalue weighted by molar-refractivity contribution is 0.0520. The van der Waals surface area contributed by atoms with Crippen molar-refractivity contribution in [3.05, 3.63) is 80.3 Å². The maximum absolute atomic E-state index is 14.5. The molecule has 2 aromatic carbocycles. The standard InChI is InChI=1S/C20H13BrClF2N3O2/c1-2-29-20(28)13-9-27-14-7-6-10(21)18(22)17(14)19(25-8-15(27)26-13)16-11(23)4-3-5-12(16)24/h3-7,9H,2,8H2,1H3. The zero-order chi connectivity index (χ0) is 20.7. The Balaban J connectivity index is 1.98. The Kier molecular flexibility index (Phi) is 5.23. The number of carbonyl (C=O) groups excluding carboxylic acids is 1. The summed E-state index contributed by atoms with van der Waals surface area (Å²) >= 11 is 9.87. The number of nitrogens with zero attached hydrogens (tertiary/aromatic N) is 3. The summed E-state index contributed by atoms with van der Waals surface area (Å²) in [6.07, 6.45) is 1.51. The molecule has 2 heterocycles. The van der Waals surface area contributed by atoms with E-state index >= 15 is 0 Å². The van der Waals surface area contributed by atoms with Gasteiger partial charge in [-0.3, -0.25) is 4.99 Å². The van der Waals surface area contributed by atoms with Crippen LogP contribution in [-0.4, -0.2) is 27.8 Å². The predicted octanol–water partition coefficient (Wildman–Crippen LogP) is 5.09. The van der Waals surface area contributed by atoms with E-state index in [0.717, 1.165) is 12.1 Å². The van der Waals surface area contributed by atoms with Crippen LogP contribution in [0.1, 0.15) is 34.4 Å². The molecule has 9 heteroatoms. The van der Waals surface area contributed by atoms with E-state index < -0.39 is 17.6 Å². The second-order valence-corrected chi connectivity index (χ2v) is 7.38. The molecule has 5 nitrogen and oxygen atoms in total. The second-order valence-electron chi connectivity index (χ2n) is 6.15. The van der Waals surface area contributed by atoms with E-state index in [9.17, 15) is 13.6 Å². The van der Waals surface area contributed by atoms with Crippen molar-refractivity contribution in [2.24, 2.45) is 4.99 Å². The van der Waals surface area contributed by atoms with Crippen molar-refractivity contribution in [2.75, 3.05) is 6.61 Å². The van der Waals surface area contributed by atoms with Gasteiger partial charge in [0.25, 0.3) is 0 Å². The van der Waals surface area contributed by atoms with Gasteiger partial charge in [-0.05, 0) is 47.1 Å². The molecule has 3 aromatic rings. The lowest BCUT2D eigenvalue weighted by Crippen LogP contribution is -2.12. The van der Waals surface area contributed by atoms with Gasteiger partial charge in [0.2, 0.25) is 0 Å². The number of halogens is 4. The Bertz CT molecular complexity index is 1160. The van der Waals surface area contributed by atoms with E-state index in [1.54, 1.807) is 23.6 Å². The molecule has 0 bridgehead atoms. The molecule has 29 heavy (non-hydrogen) atoms. The highest BCUT2D eigenvalue weighted by atomic mass is 79.9. The molecule has 0 radical (unpaired) electrons. The molecule has 1 aliphatic heterocycles. The monoisotopic (exact) mass is 479 g/mol. The van der Waals surface area contributed by atoms with E-state index in [1.165, 1.54) is 12.3 Å². The van der Waals surface area contributed by atoms with Crippen LogP contribution in [-0.2, 0) is 11.3 Å². The van der Waals surface area contributed by atoms with Gasteiger partial charge in [0.15, 0.2) is 5.69 Å². The van der Waals surface area contributed by atoms with Crippen LogP contribution in [0.5, 0.6) is 0 Å². The molecular weight excluding hydrogens is 468 g/mol. The van der Waals surface area contributed by atoms with Crippen molar-refractivity contribution in [3.63, 3.8) is 0 Å². The molecule has 4 rings (SSSR count). The molecule has 0 N–H and O–H groups in total. The van der Waals surface area contributed by atoms with Gasteiger partial charge in [0.05, 0.1) is 35.1 Å². The topological polar surface area (TPSA) is 56.5 Å². The predicted molar refractivity (Wildman–Crippen MR) is 108 cm³/mol. The van der Waals surface area contributed by atoms with Gasteiger partial charge in [-0.2, -0.15) is 0 Å². The Labute approximate surface area is 178 Å². The molecule has 0 spiro atoms. The van der Waals surface area contributed by atoms with Crippen LogP contribution >= 0.6 is 27.5 Å². The summed E-state index contributed by atoms with van der Waals surface area (Å²) in [5.74, 6) is -1.66. The van der Waals surface area contributed by atoms with Gasteiger partial charge >= 0.3 is 5.97 Å². The van der Waals surface area contributed by atoms with E-state index in [4.69, 9.17) is 16.3 Å². The summed E-state index contributed by atoms with van der Waals surface area (Å²) < 4.78 is 36.3. The minimum absolute atomic E-state index is 0.00879. The summed E-state index contributed by atoms with van der Waals surface area (Å²) in [4.78, 5) is 20.8. The van der Waals surface area contributed by atoms with Crippen molar-refractivity contribution >= 4 is 39.2 Å². The summed E-state index contributed by atoms with van der Waals surface area (Å²) in [5, 5.41) is 0.239. The van der Waals surface area contributed by atoms with Crippen LogP contribution < -0.4 is 0 Å². The number of aromatic nitrogens is 2. The molecule has 1 aliphatic rings. The highest BCUT2D eigenvalue weighted by Crippen LogP contribution is 2.36. The highest BCUT2D eigenvalue weighted by molar-refractivity contribution is 9.10. The number of fused-ring (bicyclic) bond motifs is 3. The molecule has 148 valence electrons. The minimum Gasteiger partial charge on any atom is -0.461 e. The number of benzene rings is 2. The van der Waals surface area contributed by atoms with Crippen molar-refractivity contribution < 1.29 is 18.3 Å². The van der Waals surface area contributed by atoms with E-state index in [-0.39, 0.29) is 35.1 Å². The van der Waals surface area contributed by atoms with E-state index in [2.05, 4.69) is 25.9 Å². The molecule has 0 atom stereocenters. The summed E-state index contributed by atoms with van der Waals surface area (Å²) in [5.41, 5.74) is 0.740. The fraction of sp³-hybridized carbons (Fsp3) is 0.150. The van der Waals surface area contributed by atoms with Gasteiger partial charge in [-0.25, -0.2) is 18.6 Å². The average molecular weight is 481 g/mol. The largest absolute Gasteiger partial charge is 0.461 e. The summed E-state index contributed by atoms with van der Waals surface area (Å²) in [7, 11) is 0. The number of carbonyl (C=O) groups is 1. The molecule has 0 saturated heterocycles. The minimum atomic E-state index is -0.752. The summed E-state index contributed by atoms with van der Waals surface area (Å²) in [6, 6.07) is 7.02. The number of hydrogen-bond donors (Lipinski definition) is 0. The Morgan fingerprint density at radius 3 is 2.66 bits per heavy atom. The van der Waals surface area contributed by atoms with Crippen LogP contribution in [0.25, 0.3) is 5.69 Å². The van der Waals surface area contributed by atoms with Gasteiger partial charge in [-0.15, -0.1) is 0 Å². The van der Waals surface area contributed by atoms with Gasteiger partial charge in [-0.1, -0.05) is 17.7 Å². The van der Waals surface area contributed by atoms with Crippen molar-refractivity contribution in [2.45, 2.75) is 13.5 Å². The van der Waals surface area contributed by atoms with Crippen LogP contribution in [0.4, 0.5) is 8.78 Å². The fourth-order valence-corrected chi connectivity index (χ4v) is 3.75. The average Bonchev–Trinajstić information content (AvgIpc) is 3.05. The Morgan fingerprint density at radius 1 is 1.24 bits per heavy atom. The molecule has 0 saturated carbocycles. The Hall–Kier alpha value is -2.58. The third kappa shape index (κ3) is 3.36. The van der Waals surface area contributed by atoms with Crippen LogP contribution in [0.3, 0.4) is 0 Å². The zero-order valence-corrected chi connectivity index (χ0v) is 17.4. The normalized spacial score (nSPS) is 12.7. The first-order valence-electron chi connectivity index (χ1n) is 8.65. The highest BCUT2D eigenvalue weighted by Gasteiger charge is 2.28. The molecule has 0 fully saturated rings. The maximum Gasteiger partial charge on any atom is 0.358 e. The van der Waals surface area contributed by atoms with Crippen molar-refractivity contribution in [1.29, 1.82) is 0 Å². The SMILES string of the molecule is CCOC(=O)c1cn2c(n1)CN=C(c1c(F)cccc1F)c1c-2ccc(Br)c1Cl. The number of aliphatic imine (C=N–C) groups is 1. The Morgan fingerprint density at radius 2 is 1.97 bits per heavy atom. The first-order chi connectivity index (χ1) is 13.9. The van der Waals surface area contributed by atoms with Crippen LogP contribution in [0, 0.1) is 11.6 Å². The number of rotatable bonds is 3. The number of ether oxygens (including phenoxy) is 1. The third-order valence-corrected chi connectivity index (χ3v) is 5.69. The maximum atomic E-state index is 14.5. The quantitative estimate of drug-likeness (QED) is 0.491. The van der Waals surface area contributed by atoms with Crippen LogP contribution in [0.2, 0.25) is 5.02 Å². The summed E-state index contributed by atoms with van der Waals surface area (Å²) in [6.45, 7) is 1.90. The van der Waals surface area contributed by atoms with Gasteiger partial charge in [0, 0.05) is 16.2 Å². The number of hydrogen-bond acceptors (Lipinski definition) is 4. The van der Waals surface area contributed by atoms with Crippen molar-refractivity contribution in [1.82, 2.24) is 9.55 Å². The number of esters is 1. The van der Waals surface area contributed by atoms with Crippen LogP contribution in [0.15, 0.2) is 46.0 Å². The van der Waals surface area contributed by atoms with Gasteiger partial charge < -0.3 is 9.30 Å². The lowest BCUT2D eigenvalue weighted by Gasteiger charge is -2.15. The second kappa shape index (κ2) is 7.68. The molecular formula is C20H13BrClF2N3O2. The van der Waals surface area contributed by atoms with Gasteiger partial charge in [0.1, 0.15) is 17.5 Å². The fourth-order valence-electron chi connectivity index (χ4n) is 3.17. The smallest absolute Gasteiger partial charge is 0.358 e. The lowest BCUT2D eigenvalue weighted by atomic mass is 9.99. The zero-order valence-electron chi connectivity index (χ0n) is 15.0. The first kappa shape index (κ1) is 19.7. The molecule has 0 amide bonds. The van der Waals surface area contributed by atoms with E-state index in [0.29, 0.717) is 21.5 Å².